The molecule has 0 aliphatic heterocycles. The molecule has 134 valence electrons. The molecule has 9 heteroatoms. The van der Waals surface area contributed by atoms with Crippen LogP contribution in [0, 0.1) is 13.8 Å². The molecule has 3 rings (SSSR count). The summed E-state index contributed by atoms with van der Waals surface area (Å²) in [6.45, 7) is 4.72. The summed E-state index contributed by atoms with van der Waals surface area (Å²) in [6, 6.07) is 0. The van der Waals surface area contributed by atoms with E-state index in [0.29, 0.717) is 35.6 Å². The van der Waals surface area contributed by atoms with Gasteiger partial charge >= 0.3 is 11.8 Å². The van der Waals surface area contributed by atoms with E-state index < -0.39 is 11.8 Å². The molecular weight excluding hydrogens is 342 g/mol. The predicted molar refractivity (Wildman–Crippen MR) is 94.9 cm³/mol. The second-order valence-electron chi connectivity index (χ2n) is 6.02. The standard InChI is InChI=1S/C16H21N5O3S/c1-9-13(10(2)21(20-9)6-7-24-3)18-14(22)15(23)19-16-17-12(8-25-16)11-4-5-11/h8,11H,4-7H2,1-3H3,(H,18,22)(H,17,19,23). The van der Waals surface area contributed by atoms with Crippen LogP contribution in [-0.4, -0.2) is 40.3 Å². The zero-order chi connectivity index (χ0) is 18.0. The average Bonchev–Trinajstić information content (AvgIpc) is 3.28. The SMILES string of the molecule is COCCn1nc(C)c(NC(=O)C(=O)Nc2nc(C3CC3)cs2)c1C. The molecule has 1 fully saturated rings. The monoisotopic (exact) mass is 363 g/mol. The first-order valence-electron chi connectivity index (χ1n) is 8.10. The van der Waals surface area contributed by atoms with Crippen LogP contribution in [0.2, 0.25) is 0 Å². The molecule has 2 aromatic rings. The Morgan fingerprint density at radius 1 is 1.32 bits per heavy atom. The molecule has 2 heterocycles. The van der Waals surface area contributed by atoms with Gasteiger partial charge in [-0.15, -0.1) is 11.3 Å². The number of carbonyl (C=O) groups is 2. The lowest BCUT2D eigenvalue weighted by atomic mass is 10.3. The Labute approximate surface area is 149 Å². The largest absolute Gasteiger partial charge is 0.383 e. The molecule has 2 aromatic heterocycles. The highest BCUT2D eigenvalue weighted by atomic mass is 32.1. The van der Waals surface area contributed by atoms with Crippen molar-refractivity contribution in [1.82, 2.24) is 14.8 Å². The minimum absolute atomic E-state index is 0.450. The van der Waals surface area contributed by atoms with Gasteiger partial charge in [-0.2, -0.15) is 5.10 Å². The molecule has 1 aliphatic rings. The van der Waals surface area contributed by atoms with Crippen molar-refractivity contribution in [2.24, 2.45) is 0 Å². The van der Waals surface area contributed by atoms with Gasteiger partial charge in [-0.1, -0.05) is 0 Å². The molecule has 0 bridgehead atoms. The highest BCUT2D eigenvalue weighted by molar-refractivity contribution is 7.14. The van der Waals surface area contributed by atoms with Crippen LogP contribution in [0.15, 0.2) is 5.38 Å². The summed E-state index contributed by atoms with van der Waals surface area (Å²) >= 11 is 1.34. The summed E-state index contributed by atoms with van der Waals surface area (Å²) in [5.41, 5.74) is 2.97. The zero-order valence-corrected chi connectivity index (χ0v) is 15.3. The number of hydrogen-bond acceptors (Lipinski definition) is 6. The summed E-state index contributed by atoms with van der Waals surface area (Å²) in [7, 11) is 1.62. The number of nitrogens with zero attached hydrogens (tertiary/aromatic N) is 3. The third kappa shape index (κ3) is 4.05. The minimum atomic E-state index is -0.736. The van der Waals surface area contributed by atoms with Crippen LogP contribution < -0.4 is 10.6 Å². The average molecular weight is 363 g/mol. The van der Waals surface area contributed by atoms with Crippen LogP contribution in [-0.2, 0) is 20.9 Å². The van der Waals surface area contributed by atoms with Crippen molar-refractivity contribution in [2.75, 3.05) is 24.4 Å². The number of nitrogens with one attached hydrogen (secondary N) is 2. The number of carbonyl (C=O) groups excluding carboxylic acids is 2. The van der Waals surface area contributed by atoms with Crippen LogP contribution >= 0.6 is 11.3 Å². The van der Waals surface area contributed by atoms with Crippen molar-refractivity contribution in [1.29, 1.82) is 0 Å². The van der Waals surface area contributed by atoms with Crippen LogP contribution in [0.5, 0.6) is 0 Å². The summed E-state index contributed by atoms with van der Waals surface area (Å²) in [5, 5.41) is 11.9. The van der Waals surface area contributed by atoms with Crippen LogP contribution in [0.1, 0.15) is 35.8 Å². The van der Waals surface area contributed by atoms with E-state index in [1.807, 2.05) is 12.3 Å². The summed E-state index contributed by atoms with van der Waals surface area (Å²) in [6.07, 6.45) is 2.28. The number of aryl methyl sites for hydroxylation is 1. The normalized spacial score (nSPS) is 13.7. The predicted octanol–water partition coefficient (Wildman–Crippen LogP) is 2.06. The van der Waals surface area contributed by atoms with E-state index in [0.717, 1.165) is 24.2 Å². The fourth-order valence-corrected chi connectivity index (χ4v) is 3.29. The highest BCUT2D eigenvalue weighted by Gasteiger charge is 2.27. The first-order valence-corrected chi connectivity index (χ1v) is 8.98. The molecule has 2 amide bonds. The zero-order valence-electron chi connectivity index (χ0n) is 14.5. The van der Waals surface area contributed by atoms with E-state index >= 15 is 0 Å². The number of hydrogen-bond donors (Lipinski definition) is 2. The second kappa shape index (κ2) is 7.32. The summed E-state index contributed by atoms with van der Waals surface area (Å²) < 4.78 is 6.79. The fraction of sp³-hybridized carbons (Fsp3) is 0.500. The fourth-order valence-electron chi connectivity index (χ4n) is 2.51. The molecule has 0 atom stereocenters. The van der Waals surface area contributed by atoms with Crippen molar-refractivity contribution < 1.29 is 14.3 Å². The van der Waals surface area contributed by atoms with E-state index in [9.17, 15) is 9.59 Å². The lowest BCUT2D eigenvalue weighted by Crippen LogP contribution is -2.29. The Bertz CT molecular complexity index is 794. The number of thiazole rings is 1. The van der Waals surface area contributed by atoms with Gasteiger partial charge in [0.25, 0.3) is 0 Å². The molecule has 1 saturated carbocycles. The van der Waals surface area contributed by atoms with Crippen LogP contribution in [0.4, 0.5) is 10.8 Å². The number of aromatic nitrogens is 3. The maximum atomic E-state index is 12.2. The van der Waals surface area contributed by atoms with Gasteiger partial charge in [0.15, 0.2) is 5.13 Å². The molecule has 0 saturated heterocycles. The van der Waals surface area contributed by atoms with E-state index in [1.54, 1.807) is 18.7 Å². The lowest BCUT2D eigenvalue weighted by molar-refractivity contribution is -0.133. The van der Waals surface area contributed by atoms with Gasteiger partial charge in [-0.05, 0) is 26.7 Å². The van der Waals surface area contributed by atoms with Gasteiger partial charge in [0.2, 0.25) is 0 Å². The van der Waals surface area contributed by atoms with Crippen molar-refractivity contribution >= 4 is 34.0 Å². The number of amides is 2. The molecule has 2 N–H and O–H groups in total. The van der Waals surface area contributed by atoms with Gasteiger partial charge in [-0.3, -0.25) is 19.6 Å². The van der Waals surface area contributed by atoms with E-state index in [1.165, 1.54) is 11.3 Å². The first-order chi connectivity index (χ1) is 12.0. The van der Waals surface area contributed by atoms with Gasteiger partial charge in [0, 0.05) is 18.4 Å². The molecule has 0 aromatic carbocycles. The molecule has 25 heavy (non-hydrogen) atoms. The van der Waals surface area contributed by atoms with Crippen molar-refractivity contribution in [3.05, 3.63) is 22.5 Å². The van der Waals surface area contributed by atoms with E-state index in [2.05, 4.69) is 20.7 Å². The molecular formula is C16H21N5O3S. The topological polar surface area (TPSA) is 98.1 Å². The quantitative estimate of drug-likeness (QED) is 0.766. The Kier molecular flexibility index (Phi) is 5.14. The van der Waals surface area contributed by atoms with Crippen molar-refractivity contribution in [2.45, 2.75) is 39.2 Å². The molecule has 0 spiro atoms. The van der Waals surface area contributed by atoms with Crippen LogP contribution in [0.25, 0.3) is 0 Å². The van der Waals surface area contributed by atoms with E-state index in [4.69, 9.17) is 4.74 Å². The Balaban J connectivity index is 1.62. The Hall–Kier alpha value is -2.26. The Morgan fingerprint density at radius 3 is 2.72 bits per heavy atom. The first kappa shape index (κ1) is 17.6. The van der Waals surface area contributed by atoms with Crippen LogP contribution in [0.3, 0.4) is 0 Å². The minimum Gasteiger partial charge on any atom is -0.383 e. The number of ether oxygens (including phenoxy) is 1. The molecule has 1 aliphatic carbocycles. The number of anilines is 2. The molecule has 0 radical (unpaired) electrons. The third-order valence-corrected chi connectivity index (χ3v) is 4.85. The maximum absolute atomic E-state index is 12.2. The summed E-state index contributed by atoms with van der Waals surface area (Å²) in [4.78, 5) is 28.6. The van der Waals surface area contributed by atoms with Gasteiger partial charge in [0.05, 0.1) is 35.9 Å². The maximum Gasteiger partial charge on any atom is 0.315 e. The molecule has 0 unspecified atom stereocenters. The van der Waals surface area contributed by atoms with E-state index in [-0.39, 0.29) is 0 Å². The Morgan fingerprint density at radius 2 is 2.04 bits per heavy atom. The molecule has 8 nitrogen and oxygen atoms in total. The smallest absolute Gasteiger partial charge is 0.315 e. The number of methoxy groups -OCH3 is 1. The summed E-state index contributed by atoms with van der Waals surface area (Å²) in [5.74, 6) is -0.959. The highest BCUT2D eigenvalue weighted by Crippen LogP contribution is 2.40. The van der Waals surface area contributed by atoms with Crippen molar-refractivity contribution in [3.63, 3.8) is 0 Å². The van der Waals surface area contributed by atoms with Crippen molar-refractivity contribution in [3.8, 4) is 0 Å². The lowest BCUT2D eigenvalue weighted by Gasteiger charge is -2.06. The van der Waals surface area contributed by atoms with Gasteiger partial charge in [-0.25, -0.2) is 4.98 Å². The second-order valence-corrected chi connectivity index (χ2v) is 6.88. The van der Waals surface area contributed by atoms with Gasteiger partial charge in [0.1, 0.15) is 0 Å². The van der Waals surface area contributed by atoms with Gasteiger partial charge < -0.3 is 10.1 Å². The third-order valence-electron chi connectivity index (χ3n) is 4.07. The number of rotatable bonds is 6.